The number of hydrogen-bond acceptors (Lipinski definition) is 3. The van der Waals surface area contributed by atoms with Crippen LogP contribution in [0.1, 0.15) is 24.1 Å². The van der Waals surface area contributed by atoms with Gasteiger partial charge in [0, 0.05) is 16.2 Å². The van der Waals surface area contributed by atoms with Crippen LogP contribution in [-0.2, 0) is 6.42 Å². The van der Waals surface area contributed by atoms with Crippen molar-refractivity contribution in [2.24, 2.45) is 0 Å². The van der Waals surface area contributed by atoms with Crippen molar-refractivity contribution in [2.75, 3.05) is 6.54 Å². The van der Waals surface area contributed by atoms with Crippen molar-refractivity contribution < 1.29 is 0 Å². The van der Waals surface area contributed by atoms with Crippen molar-refractivity contribution >= 4 is 23.1 Å². The fourth-order valence-corrected chi connectivity index (χ4v) is 4.67. The minimum absolute atomic E-state index is 0.471. The van der Waals surface area contributed by atoms with Gasteiger partial charge in [0.2, 0.25) is 0 Å². The number of nitrogens with one attached hydrogen (secondary N) is 1. The molecule has 1 aliphatic heterocycles. The van der Waals surface area contributed by atoms with E-state index >= 15 is 0 Å². The Morgan fingerprint density at radius 3 is 2.94 bits per heavy atom. The summed E-state index contributed by atoms with van der Waals surface area (Å²) in [5.74, 6) is 0. The van der Waals surface area contributed by atoms with Crippen LogP contribution in [0.3, 0.4) is 0 Å². The predicted octanol–water partition coefficient (Wildman–Crippen LogP) is 4.12. The van der Waals surface area contributed by atoms with Crippen molar-refractivity contribution in [3.8, 4) is 0 Å². The lowest BCUT2D eigenvalue weighted by atomic mass is 10.0. The summed E-state index contributed by atoms with van der Waals surface area (Å²) < 4.78 is 0. The lowest BCUT2D eigenvalue weighted by Gasteiger charge is -2.23. The molecule has 0 bridgehead atoms. The third-order valence-corrected chi connectivity index (χ3v) is 5.47. The van der Waals surface area contributed by atoms with Crippen molar-refractivity contribution in [1.82, 2.24) is 5.32 Å². The van der Waals surface area contributed by atoms with Crippen LogP contribution >= 0.6 is 23.1 Å². The highest BCUT2D eigenvalue weighted by atomic mass is 32.2. The molecule has 1 aromatic carbocycles. The van der Waals surface area contributed by atoms with Gasteiger partial charge in [0.15, 0.2) is 0 Å². The molecule has 0 saturated carbocycles. The molecule has 0 fully saturated rings. The molecule has 3 rings (SSSR count). The Balaban J connectivity index is 1.82. The third-order valence-electron chi connectivity index (χ3n) is 3.37. The molecule has 1 nitrogen and oxygen atoms in total. The fourth-order valence-electron chi connectivity index (χ4n) is 2.53. The predicted molar refractivity (Wildman–Crippen MR) is 80.5 cm³/mol. The van der Waals surface area contributed by atoms with Crippen LogP contribution in [-0.4, -0.2) is 11.8 Å². The zero-order valence-electron chi connectivity index (χ0n) is 10.4. The molecule has 0 saturated heterocycles. The summed E-state index contributed by atoms with van der Waals surface area (Å²) in [6.07, 6.45) is 1.17. The summed E-state index contributed by atoms with van der Waals surface area (Å²) in [7, 11) is 0. The molecule has 94 valence electrons. The van der Waals surface area contributed by atoms with Crippen molar-refractivity contribution in [1.29, 1.82) is 0 Å². The van der Waals surface area contributed by atoms with Crippen molar-refractivity contribution in [3.63, 3.8) is 0 Å². The average Bonchev–Trinajstić information content (AvgIpc) is 3.04. The van der Waals surface area contributed by atoms with E-state index in [4.69, 9.17) is 0 Å². The highest BCUT2D eigenvalue weighted by Gasteiger charge is 2.29. The van der Waals surface area contributed by atoms with E-state index in [9.17, 15) is 0 Å². The lowest BCUT2D eigenvalue weighted by Crippen LogP contribution is -2.29. The second kappa shape index (κ2) is 5.47. The zero-order valence-corrected chi connectivity index (χ0v) is 12.1. The highest BCUT2D eigenvalue weighted by molar-refractivity contribution is 8.00. The fraction of sp³-hybridized carbons (Fsp3) is 0.333. The van der Waals surface area contributed by atoms with Gasteiger partial charge in [-0.3, -0.25) is 0 Å². The Bertz CT molecular complexity index is 482. The van der Waals surface area contributed by atoms with E-state index in [1.54, 1.807) is 11.3 Å². The van der Waals surface area contributed by atoms with E-state index in [1.165, 1.54) is 22.4 Å². The SMILES string of the molecule is CCNC(c1ccsc1)C1Cc2ccccc2S1. The first-order chi connectivity index (χ1) is 8.88. The van der Waals surface area contributed by atoms with Crippen LogP contribution in [0.25, 0.3) is 0 Å². The number of benzene rings is 1. The summed E-state index contributed by atoms with van der Waals surface area (Å²) >= 11 is 3.81. The standard InChI is InChI=1S/C15H17NS2/c1-2-16-15(12-7-8-17-10-12)14-9-11-5-3-4-6-13(11)18-14/h3-8,10,14-16H,2,9H2,1H3. The second-order valence-corrected chi connectivity index (χ2v) is 6.62. The Kier molecular flexibility index (Phi) is 3.73. The van der Waals surface area contributed by atoms with Gasteiger partial charge in [0.05, 0.1) is 0 Å². The highest BCUT2D eigenvalue weighted by Crippen LogP contribution is 2.42. The molecule has 3 heteroatoms. The summed E-state index contributed by atoms with van der Waals surface area (Å²) in [6, 6.07) is 11.5. The molecule has 2 heterocycles. The molecule has 2 atom stereocenters. The third kappa shape index (κ3) is 2.35. The Labute approximate surface area is 117 Å². The molecule has 2 unspecified atom stereocenters. The van der Waals surface area contributed by atoms with Gasteiger partial charge in [-0.15, -0.1) is 11.8 Å². The topological polar surface area (TPSA) is 12.0 Å². The van der Waals surface area contributed by atoms with Crippen molar-refractivity contribution in [3.05, 3.63) is 52.2 Å². The molecule has 0 radical (unpaired) electrons. The minimum Gasteiger partial charge on any atom is -0.309 e. The van der Waals surface area contributed by atoms with E-state index < -0.39 is 0 Å². The van der Waals surface area contributed by atoms with Crippen LogP contribution in [0.2, 0.25) is 0 Å². The van der Waals surface area contributed by atoms with Crippen LogP contribution in [0.5, 0.6) is 0 Å². The van der Waals surface area contributed by atoms with E-state index in [0.717, 1.165) is 6.54 Å². The Morgan fingerprint density at radius 1 is 1.33 bits per heavy atom. The van der Waals surface area contributed by atoms with Crippen LogP contribution < -0.4 is 5.32 Å². The van der Waals surface area contributed by atoms with Gasteiger partial charge in [0.1, 0.15) is 0 Å². The maximum atomic E-state index is 3.65. The largest absolute Gasteiger partial charge is 0.309 e. The van der Waals surface area contributed by atoms with E-state index in [-0.39, 0.29) is 0 Å². The molecule has 0 aliphatic carbocycles. The lowest BCUT2D eigenvalue weighted by molar-refractivity contribution is 0.533. The Morgan fingerprint density at radius 2 is 2.22 bits per heavy atom. The first kappa shape index (κ1) is 12.3. The first-order valence-electron chi connectivity index (χ1n) is 6.38. The number of fused-ring (bicyclic) bond motifs is 1. The molecule has 1 aromatic heterocycles. The zero-order chi connectivity index (χ0) is 12.4. The monoisotopic (exact) mass is 275 g/mol. The Hall–Kier alpha value is -0.770. The normalized spacial score (nSPS) is 19.7. The van der Waals surface area contributed by atoms with Gasteiger partial charge in [0.25, 0.3) is 0 Å². The molecule has 0 amide bonds. The number of rotatable bonds is 4. The molecular weight excluding hydrogens is 258 g/mol. The van der Waals surface area contributed by atoms with Gasteiger partial charge in [-0.05, 0) is 47.0 Å². The van der Waals surface area contributed by atoms with E-state index in [0.29, 0.717) is 11.3 Å². The quantitative estimate of drug-likeness (QED) is 0.901. The molecule has 18 heavy (non-hydrogen) atoms. The van der Waals surface area contributed by atoms with Crippen molar-refractivity contribution in [2.45, 2.75) is 29.5 Å². The number of hydrogen-bond donors (Lipinski definition) is 1. The van der Waals surface area contributed by atoms with E-state index in [1.807, 2.05) is 11.8 Å². The molecule has 0 spiro atoms. The molecule has 1 aliphatic rings. The first-order valence-corrected chi connectivity index (χ1v) is 8.20. The molecule has 1 N–H and O–H groups in total. The maximum Gasteiger partial charge on any atom is 0.0455 e. The van der Waals surface area contributed by atoms with E-state index in [2.05, 4.69) is 53.3 Å². The van der Waals surface area contributed by atoms with Crippen LogP contribution in [0.4, 0.5) is 0 Å². The maximum absolute atomic E-state index is 3.65. The van der Waals surface area contributed by atoms with Gasteiger partial charge < -0.3 is 5.32 Å². The van der Waals surface area contributed by atoms with Gasteiger partial charge in [-0.2, -0.15) is 11.3 Å². The molecule has 2 aromatic rings. The molecular formula is C15H17NS2. The van der Waals surface area contributed by atoms with Crippen LogP contribution in [0.15, 0.2) is 46.0 Å². The average molecular weight is 275 g/mol. The van der Waals surface area contributed by atoms with Crippen LogP contribution in [0, 0.1) is 0 Å². The summed E-state index contributed by atoms with van der Waals surface area (Å²) in [5, 5.41) is 8.72. The summed E-state index contributed by atoms with van der Waals surface area (Å²) in [6.45, 7) is 3.21. The van der Waals surface area contributed by atoms with Gasteiger partial charge in [-0.25, -0.2) is 0 Å². The van der Waals surface area contributed by atoms with Gasteiger partial charge in [-0.1, -0.05) is 25.1 Å². The summed E-state index contributed by atoms with van der Waals surface area (Å²) in [5.41, 5.74) is 2.94. The second-order valence-electron chi connectivity index (χ2n) is 4.56. The van der Waals surface area contributed by atoms with Gasteiger partial charge >= 0.3 is 0 Å². The smallest absolute Gasteiger partial charge is 0.0455 e. The number of thioether (sulfide) groups is 1. The number of thiophene rings is 1. The summed E-state index contributed by atoms with van der Waals surface area (Å²) in [4.78, 5) is 1.46. The minimum atomic E-state index is 0.471.